The number of benzene rings is 1. The molecule has 0 fully saturated rings. The molecule has 0 aliphatic rings. The monoisotopic (exact) mass is 209 g/mol. The number of nitrogens with zero attached hydrogens (tertiary/aromatic N) is 4. The highest BCUT2D eigenvalue weighted by molar-refractivity contribution is 6.30. The molecule has 2 aromatic rings. The molecule has 0 saturated heterocycles. The second kappa shape index (κ2) is 3.26. The molecule has 0 amide bonds. The van der Waals surface area contributed by atoms with E-state index in [1.54, 1.807) is 29.8 Å². The summed E-state index contributed by atoms with van der Waals surface area (Å²) in [6.07, 6.45) is 0. The fourth-order valence-electron chi connectivity index (χ4n) is 1.15. The number of halogens is 1. The van der Waals surface area contributed by atoms with Crippen molar-refractivity contribution in [1.82, 2.24) is 20.2 Å². The van der Waals surface area contributed by atoms with Gasteiger partial charge < -0.3 is 5.73 Å². The van der Waals surface area contributed by atoms with Gasteiger partial charge in [-0.05, 0) is 35.5 Å². The van der Waals surface area contributed by atoms with E-state index in [4.69, 9.17) is 17.3 Å². The largest absolute Gasteiger partial charge is 0.397 e. The molecule has 1 heterocycles. The summed E-state index contributed by atoms with van der Waals surface area (Å²) in [5, 5.41) is 11.7. The average Bonchev–Trinajstić information content (AvgIpc) is 2.56. The number of nitrogens with two attached hydrogens (primary N) is 1. The molecule has 5 nitrogen and oxygen atoms in total. The number of aromatic nitrogens is 4. The first-order valence-electron chi connectivity index (χ1n) is 3.99. The Bertz CT molecular complexity index is 465. The Hall–Kier alpha value is -1.62. The van der Waals surface area contributed by atoms with E-state index in [9.17, 15) is 0 Å². The Morgan fingerprint density at radius 1 is 1.43 bits per heavy atom. The summed E-state index contributed by atoms with van der Waals surface area (Å²) >= 11 is 5.85. The first kappa shape index (κ1) is 8.96. The molecule has 0 aliphatic heterocycles. The lowest BCUT2D eigenvalue weighted by atomic mass is 10.3. The molecule has 2 N–H and O–H groups in total. The molecule has 1 aromatic carbocycles. The number of aryl methyl sites for hydroxylation is 1. The van der Waals surface area contributed by atoms with Crippen LogP contribution in [0.3, 0.4) is 0 Å². The van der Waals surface area contributed by atoms with Crippen molar-refractivity contribution in [3.8, 4) is 5.69 Å². The molecular weight excluding hydrogens is 202 g/mol. The molecule has 0 spiro atoms. The molecule has 0 atom stereocenters. The Kier molecular flexibility index (Phi) is 2.09. The molecule has 0 radical (unpaired) electrons. The van der Waals surface area contributed by atoms with E-state index in [2.05, 4.69) is 15.5 Å². The van der Waals surface area contributed by atoms with Crippen LogP contribution in [0.15, 0.2) is 18.2 Å². The second-order valence-electron chi connectivity index (χ2n) is 2.84. The minimum absolute atomic E-state index is 0.588. The third-order valence-corrected chi connectivity index (χ3v) is 2.08. The first-order valence-corrected chi connectivity index (χ1v) is 4.36. The summed E-state index contributed by atoms with van der Waals surface area (Å²) in [5.74, 6) is 0.666. The zero-order valence-corrected chi connectivity index (χ0v) is 8.23. The van der Waals surface area contributed by atoms with Gasteiger partial charge in [-0.1, -0.05) is 11.6 Å². The minimum atomic E-state index is 0.588. The maximum Gasteiger partial charge on any atom is 0.153 e. The summed E-state index contributed by atoms with van der Waals surface area (Å²) in [7, 11) is 0. The van der Waals surface area contributed by atoms with E-state index >= 15 is 0 Å². The van der Waals surface area contributed by atoms with Gasteiger partial charge in [0.2, 0.25) is 0 Å². The van der Waals surface area contributed by atoms with Crippen molar-refractivity contribution < 1.29 is 0 Å². The number of rotatable bonds is 1. The van der Waals surface area contributed by atoms with Gasteiger partial charge in [0.25, 0.3) is 0 Å². The van der Waals surface area contributed by atoms with Crippen LogP contribution in [0, 0.1) is 6.92 Å². The normalized spacial score (nSPS) is 10.4. The third-order valence-electron chi connectivity index (χ3n) is 1.85. The topological polar surface area (TPSA) is 69.6 Å². The number of nitrogen functional groups attached to an aromatic ring is 1. The summed E-state index contributed by atoms with van der Waals surface area (Å²) in [5.41, 5.74) is 7.06. The fourth-order valence-corrected chi connectivity index (χ4v) is 1.32. The van der Waals surface area contributed by atoms with Crippen LogP contribution in [0.5, 0.6) is 0 Å². The molecule has 0 aliphatic carbocycles. The van der Waals surface area contributed by atoms with E-state index < -0.39 is 0 Å². The third kappa shape index (κ3) is 1.42. The summed E-state index contributed by atoms with van der Waals surface area (Å²) in [4.78, 5) is 0. The van der Waals surface area contributed by atoms with Crippen molar-refractivity contribution >= 4 is 17.3 Å². The van der Waals surface area contributed by atoms with Crippen molar-refractivity contribution in [3.05, 3.63) is 29.0 Å². The van der Waals surface area contributed by atoms with Crippen molar-refractivity contribution in [3.63, 3.8) is 0 Å². The average molecular weight is 210 g/mol. The van der Waals surface area contributed by atoms with Gasteiger partial charge in [0.15, 0.2) is 5.82 Å². The maximum atomic E-state index is 5.85. The van der Waals surface area contributed by atoms with Crippen LogP contribution in [-0.2, 0) is 0 Å². The van der Waals surface area contributed by atoms with Crippen molar-refractivity contribution in [2.75, 3.05) is 5.73 Å². The van der Waals surface area contributed by atoms with Crippen molar-refractivity contribution in [1.29, 1.82) is 0 Å². The second-order valence-corrected chi connectivity index (χ2v) is 3.28. The van der Waals surface area contributed by atoms with Crippen LogP contribution < -0.4 is 5.73 Å². The van der Waals surface area contributed by atoms with Gasteiger partial charge >= 0.3 is 0 Å². The van der Waals surface area contributed by atoms with Gasteiger partial charge in [0, 0.05) is 5.02 Å². The molecule has 1 aromatic heterocycles. The molecule has 0 unspecified atom stereocenters. The molecule has 14 heavy (non-hydrogen) atoms. The van der Waals surface area contributed by atoms with Crippen LogP contribution in [0.25, 0.3) is 5.69 Å². The molecular formula is C8H8ClN5. The molecule has 6 heteroatoms. The smallest absolute Gasteiger partial charge is 0.153 e. The van der Waals surface area contributed by atoms with Crippen LogP contribution in [0.1, 0.15) is 5.82 Å². The maximum absolute atomic E-state index is 5.85. The van der Waals surface area contributed by atoms with Crippen LogP contribution in [-0.4, -0.2) is 20.2 Å². The zero-order chi connectivity index (χ0) is 10.1. The summed E-state index contributed by atoms with van der Waals surface area (Å²) in [6.45, 7) is 1.79. The Balaban J connectivity index is 2.62. The van der Waals surface area contributed by atoms with Crippen LogP contribution in [0.4, 0.5) is 5.69 Å². The van der Waals surface area contributed by atoms with Gasteiger partial charge in [0.05, 0.1) is 11.4 Å². The van der Waals surface area contributed by atoms with Crippen molar-refractivity contribution in [2.45, 2.75) is 6.92 Å². The fraction of sp³-hybridized carbons (Fsp3) is 0.125. The lowest BCUT2D eigenvalue weighted by Crippen LogP contribution is -2.03. The van der Waals surface area contributed by atoms with Crippen LogP contribution in [0.2, 0.25) is 5.02 Å². The van der Waals surface area contributed by atoms with Gasteiger partial charge in [-0.15, -0.1) is 5.10 Å². The number of tetrazole rings is 1. The van der Waals surface area contributed by atoms with Gasteiger partial charge in [-0.25, -0.2) is 0 Å². The Morgan fingerprint density at radius 2 is 2.21 bits per heavy atom. The molecule has 0 bridgehead atoms. The van der Waals surface area contributed by atoms with Gasteiger partial charge in [-0.3, -0.25) is 0 Å². The SMILES string of the molecule is Cc1nnnn1-c1cc(Cl)ccc1N. The predicted octanol–water partition coefficient (Wildman–Crippen LogP) is 1.21. The number of hydrogen-bond donors (Lipinski definition) is 1. The molecule has 0 saturated carbocycles. The van der Waals surface area contributed by atoms with E-state index in [0.29, 0.717) is 22.2 Å². The first-order chi connectivity index (χ1) is 6.68. The van der Waals surface area contributed by atoms with Crippen molar-refractivity contribution in [2.24, 2.45) is 0 Å². The lowest BCUT2D eigenvalue weighted by molar-refractivity contribution is 0.781. The predicted molar refractivity (Wildman–Crippen MR) is 53.3 cm³/mol. The quantitative estimate of drug-likeness (QED) is 0.717. The minimum Gasteiger partial charge on any atom is -0.397 e. The highest BCUT2D eigenvalue weighted by atomic mass is 35.5. The standard InChI is InChI=1S/C8H8ClN5/c1-5-11-12-13-14(5)8-4-6(9)2-3-7(8)10/h2-4H,10H2,1H3. The summed E-state index contributed by atoms with van der Waals surface area (Å²) < 4.78 is 1.54. The van der Waals surface area contributed by atoms with Crippen LogP contribution >= 0.6 is 11.6 Å². The number of hydrogen-bond acceptors (Lipinski definition) is 4. The Labute approximate surface area is 85.5 Å². The van der Waals surface area contributed by atoms with Gasteiger partial charge in [0.1, 0.15) is 0 Å². The highest BCUT2D eigenvalue weighted by Crippen LogP contribution is 2.21. The summed E-state index contributed by atoms with van der Waals surface area (Å²) in [6, 6.07) is 5.17. The zero-order valence-electron chi connectivity index (χ0n) is 7.48. The van der Waals surface area contributed by atoms with E-state index in [1.807, 2.05) is 0 Å². The van der Waals surface area contributed by atoms with Gasteiger partial charge in [-0.2, -0.15) is 4.68 Å². The molecule has 2 rings (SSSR count). The highest BCUT2D eigenvalue weighted by Gasteiger charge is 2.07. The van der Waals surface area contributed by atoms with E-state index in [-0.39, 0.29) is 0 Å². The molecule has 72 valence electrons. The van der Waals surface area contributed by atoms with E-state index in [1.165, 1.54) is 0 Å². The Morgan fingerprint density at radius 3 is 2.86 bits per heavy atom. The number of anilines is 1. The van der Waals surface area contributed by atoms with E-state index in [0.717, 1.165) is 0 Å². The lowest BCUT2D eigenvalue weighted by Gasteiger charge is -2.05.